The molecule has 1 unspecified atom stereocenters. The van der Waals surface area contributed by atoms with Crippen molar-refractivity contribution in [1.82, 2.24) is 14.8 Å². The molecule has 8 nitrogen and oxygen atoms in total. The number of aryl methyl sites for hydroxylation is 2. The van der Waals surface area contributed by atoms with E-state index in [1.165, 1.54) is 6.07 Å². The minimum atomic E-state index is -0.446. The van der Waals surface area contributed by atoms with Gasteiger partial charge in [0.25, 0.3) is 5.91 Å². The van der Waals surface area contributed by atoms with Gasteiger partial charge in [0.1, 0.15) is 21.5 Å². The molecule has 4 rings (SSSR count). The summed E-state index contributed by atoms with van der Waals surface area (Å²) in [5.74, 6) is -0.0159. The maximum absolute atomic E-state index is 14.4. The van der Waals surface area contributed by atoms with Gasteiger partial charge < -0.3 is 21.7 Å². The number of hydrogen-bond acceptors (Lipinski definition) is 7. The van der Waals surface area contributed by atoms with Crippen LogP contribution in [0, 0.1) is 5.82 Å². The second-order valence-corrected chi connectivity index (χ2v) is 9.07. The number of carbonyl (C=O) groups excluding carboxylic acids is 1. The molecule has 3 heterocycles. The quantitative estimate of drug-likeness (QED) is 0.541. The average molecular weight is 458 g/mol. The van der Waals surface area contributed by atoms with Crippen molar-refractivity contribution in [2.75, 3.05) is 29.0 Å². The number of anilines is 3. The van der Waals surface area contributed by atoms with Gasteiger partial charge in [0.05, 0.1) is 6.20 Å². The van der Waals surface area contributed by atoms with Crippen LogP contribution in [0.5, 0.6) is 0 Å². The number of aromatic nitrogens is 3. The second-order valence-electron chi connectivity index (χ2n) is 8.04. The molecule has 170 valence electrons. The normalized spacial score (nSPS) is 16.8. The number of nitrogens with one attached hydrogen (secondary N) is 1. The first kappa shape index (κ1) is 22.2. The van der Waals surface area contributed by atoms with E-state index in [9.17, 15) is 9.18 Å². The van der Waals surface area contributed by atoms with Crippen molar-refractivity contribution in [2.45, 2.75) is 38.6 Å². The number of carbonyl (C=O) groups is 1. The van der Waals surface area contributed by atoms with Crippen molar-refractivity contribution >= 4 is 33.8 Å². The number of benzene rings is 1. The van der Waals surface area contributed by atoms with Crippen molar-refractivity contribution < 1.29 is 9.18 Å². The molecule has 1 saturated heterocycles. The SMILES string of the molecule is CCc1ccc(F)c(-c2nc(C(=O)Nc3cnn(C)c3N3CCCC(N)CC3)c(N)s2)c1. The van der Waals surface area contributed by atoms with Crippen LogP contribution >= 0.6 is 11.3 Å². The van der Waals surface area contributed by atoms with Crippen molar-refractivity contribution in [1.29, 1.82) is 0 Å². The minimum Gasteiger partial charge on any atom is -0.389 e. The third-order valence-electron chi connectivity index (χ3n) is 5.77. The zero-order valence-electron chi connectivity index (χ0n) is 18.3. The Balaban J connectivity index is 1.59. The Labute approximate surface area is 190 Å². The summed E-state index contributed by atoms with van der Waals surface area (Å²) in [6.45, 7) is 3.63. The highest BCUT2D eigenvalue weighted by atomic mass is 32.1. The fourth-order valence-corrected chi connectivity index (χ4v) is 4.82. The van der Waals surface area contributed by atoms with E-state index in [1.54, 1.807) is 23.0 Å². The zero-order valence-corrected chi connectivity index (χ0v) is 19.1. The zero-order chi connectivity index (χ0) is 22.8. The molecule has 0 spiro atoms. The van der Waals surface area contributed by atoms with Gasteiger partial charge in [-0.05, 0) is 43.4 Å². The summed E-state index contributed by atoms with van der Waals surface area (Å²) in [6.07, 6.45) is 5.22. The Morgan fingerprint density at radius 1 is 1.34 bits per heavy atom. The van der Waals surface area contributed by atoms with Crippen LogP contribution < -0.4 is 21.7 Å². The van der Waals surface area contributed by atoms with Gasteiger partial charge in [-0.1, -0.05) is 24.3 Å². The number of amides is 1. The smallest absolute Gasteiger partial charge is 0.277 e. The summed E-state index contributed by atoms with van der Waals surface area (Å²) in [5.41, 5.74) is 14.2. The maximum atomic E-state index is 14.4. The lowest BCUT2D eigenvalue weighted by atomic mass is 10.1. The molecule has 3 aromatic rings. The van der Waals surface area contributed by atoms with E-state index in [2.05, 4.69) is 20.3 Å². The molecule has 5 N–H and O–H groups in total. The number of nitrogen functional groups attached to an aromatic ring is 1. The van der Waals surface area contributed by atoms with Crippen molar-refractivity contribution in [3.8, 4) is 10.6 Å². The van der Waals surface area contributed by atoms with Crippen LogP contribution in [-0.4, -0.2) is 39.8 Å². The maximum Gasteiger partial charge on any atom is 0.277 e. The minimum absolute atomic E-state index is 0.0824. The molecule has 0 aliphatic carbocycles. The summed E-state index contributed by atoms with van der Waals surface area (Å²) in [4.78, 5) is 19.6. The first-order chi connectivity index (χ1) is 15.4. The molecule has 1 fully saturated rings. The molecular formula is C22H28FN7OS. The molecule has 1 aliphatic heterocycles. The summed E-state index contributed by atoms with van der Waals surface area (Å²) in [5, 5.41) is 7.84. The van der Waals surface area contributed by atoms with Crippen LogP contribution in [0.3, 0.4) is 0 Å². The number of hydrogen-bond donors (Lipinski definition) is 3. The predicted molar refractivity (Wildman–Crippen MR) is 126 cm³/mol. The highest BCUT2D eigenvalue weighted by Gasteiger charge is 2.24. The highest BCUT2D eigenvalue weighted by Crippen LogP contribution is 2.34. The van der Waals surface area contributed by atoms with Crippen LogP contribution in [-0.2, 0) is 13.5 Å². The van der Waals surface area contributed by atoms with E-state index < -0.39 is 11.7 Å². The van der Waals surface area contributed by atoms with Crippen molar-refractivity contribution in [3.05, 3.63) is 41.5 Å². The van der Waals surface area contributed by atoms with E-state index >= 15 is 0 Å². The van der Waals surface area contributed by atoms with Gasteiger partial charge in [-0.3, -0.25) is 9.48 Å². The van der Waals surface area contributed by atoms with Crippen molar-refractivity contribution in [2.24, 2.45) is 12.8 Å². The fourth-order valence-electron chi connectivity index (χ4n) is 3.98. The first-order valence-corrected chi connectivity index (χ1v) is 11.6. The predicted octanol–water partition coefficient (Wildman–Crippen LogP) is 3.40. The molecule has 1 amide bonds. The number of thiazole rings is 1. The van der Waals surface area contributed by atoms with Gasteiger partial charge in [0.15, 0.2) is 11.5 Å². The molecule has 1 aliphatic rings. The lowest BCUT2D eigenvalue weighted by molar-refractivity contribution is 0.102. The second kappa shape index (κ2) is 9.25. The summed E-state index contributed by atoms with van der Waals surface area (Å²) >= 11 is 1.10. The molecule has 0 saturated carbocycles. The van der Waals surface area contributed by atoms with Gasteiger partial charge in [-0.15, -0.1) is 0 Å². The van der Waals surface area contributed by atoms with Gasteiger partial charge >= 0.3 is 0 Å². The Morgan fingerprint density at radius 2 is 2.16 bits per heavy atom. The van der Waals surface area contributed by atoms with Gasteiger partial charge in [-0.2, -0.15) is 5.10 Å². The van der Waals surface area contributed by atoms with Gasteiger partial charge in [-0.25, -0.2) is 9.37 Å². The summed E-state index contributed by atoms with van der Waals surface area (Å²) in [6, 6.07) is 5.09. The van der Waals surface area contributed by atoms with E-state index in [1.807, 2.05) is 14.0 Å². The fraction of sp³-hybridized carbons (Fsp3) is 0.409. The standard InChI is InChI=1S/C22H28FN7OS/c1-3-13-6-7-16(23)15(11-13)21-28-18(19(25)32-21)20(31)27-17-12-26-29(2)22(17)30-9-4-5-14(24)8-10-30/h6-7,11-12,14H,3-5,8-10,24-25H2,1-2H3,(H,27,31). The van der Waals surface area contributed by atoms with Crippen LogP contribution in [0.4, 0.5) is 20.9 Å². The molecule has 1 atom stereocenters. The monoisotopic (exact) mass is 457 g/mol. The first-order valence-electron chi connectivity index (χ1n) is 10.8. The number of nitrogens with two attached hydrogens (primary N) is 2. The third-order valence-corrected chi connectivity index (χ3v) is 6.68. The lowest BCUT2D eigenvalue weighted by Crippen LogP contribution is -2.29. The molecule has 2 aromatic heterocycles. The number of nitrogens with zero attached hydrogens (tertiary/aromatic N) is 4. The molecule has 32 heavy (non-hydrogen) atoms. The van der Waals surface area contributed by atoms with Gasteiger partial charge in [0.2, 0.25) is 0 Å². The van der Waals surface area contributed by atoms with E-state index in [4.69, 9.17) is 11.5 Å². The molecule has 1 aromatic carbocycles. The van der Waals surface area contributed by atoms with Crippen LogP contribution in [0.1, 0.15) is 42.2 Å². The Bertz CT molecular complexity index is 1130. The van der Waals surface area contributed by atoms with Crippen LogP contribution in [0.15, 0.2) is 24.4 Å². The molecule has 0 bridgehead atoms. The number of halogens is 1. The van der Waals surface area contributed by atoms with Gasteiger partial charge in [0, 0.05) is 31.7 Å². The largest absolute Gasteiger partial charge is 0.389 e. The van der Waals surface area contributed by atoms with E-state index in [0.717, 1.165) is 61.5 Å². The topological polar surface area (TPSA) is 115 Å². The van der Waals surface area contributed by atoms with Crippen LogP contribution in [0.2, 0.25) is 0 Å². The Kier molecular flexibility index (Phi) is 6.43. The van der Waals surface area contributed by atoms with Crippen molar-refractivity contribution in [3.63, 3.8) is 0 Å². The summed E-state index contributed by atoms with van der Waals surface area (Å²) < 4.78 is 16.1. The summed E-state index contributed by atoms with van der Waals surface area (Å²) in [7, 11) is 1.84. The molecule has 0 radical (unpaired) electrons. The highest BCUT2D eigenvalue weighted by molar-refractivity contribution is 7.19. The van der Waals surface area contributed by atoms with E-state index in [0.29, 0.717) is 16.3 Å². The molecular weight excluding hydrogens is 429 g/mol. The lowest BCUT2D eigenvalue weighted by Gasteiger charge is -2.24. The molecule has 10 heteroatoms. The average Bonchev–Trinajstić information content (AvgIpc) is 3.25. The Hall–Kier alpha value is -2.98. The van der Waals surface area contributed by atoms with Crippen LogP contribution in [0.25, 0.3) is 10.6 Å². The number of rotatable bonds is 5. The Morgan fingerprint density at radius 3 is 2.94 bits per heavy atom. The van der Waals surface area contributed by atoms with E-state index in [-0.39, 0.29) is 16.7 Å². The third kappa shape index (κ3) is 4.46.